The molecule has 4 rings (SSSR count). The summed E-state index contributed by atoms with van der Waals surface area (Å²) in [6.07, 6.45) is 6.74. The van der Waals surface area contributed by atoms with Crippen LogP contribution in [0.5, 0.6) is 0 Å². The molecule has 6 nitrogen and oxygen atoms in total. The highest BCUT2D eigenvalue weighted by atomic mass is 16.2. The molecule has 1 saturated carbocycles. The zero-order valence-electron chi connectivity index (χ0n) is 19.5. The van der Waals surface area contributed by atoms with Gasteiger partial charge in [-0.15, -0.1) is 0 Å². The van der Waals surface area contributed by atoms with Crippen molar-refractivity contribution in [1.82, 2.24) is 4.90 Å². The average Bonchev–Trinajstić information content (AvgIpc) is 2.79. The number of carbonyl (C=O) groups is 3. The van der Waals surface area contributed by atoms with E-state index in [9.17, 15) is 14.4 Å². The standard InChI is InChI=1S/C27H33N3O3/c1-3-4-17-30-26(33)23-14-7-6-13-22(23)24(27(30)15-8-5-9-16-27)25(32)29-21-12-10-11-20(18-21)28-19(2)31/h6-7,10-14,18,24H,3-5,8-9,15-17H2,1-2H3,(H,28,31)(H,29,32). The van der Waals surface area contributed by atoms with Gasteiger partial charge in [0.2, 0.25) is 11.8 Å². The van der Waals surface area contributed by atoms with Crippen LogP contribution in [0.2, 0.25) is 0 Å². The van der Waals surface area contributed by atoms with E-state index in [1.165, 1.54) is 6.92 Å². The van der Waals surface area contributed by atoms with Crippen LogP contribution < -0.4 is 10.6 Å². The molecule has 0 saturated heterocycles. The van der Waals surface area contributed by atoms with Gasteiger partial charge in [0.1, 0.15) is 0 Å². The molecule has 6 heteroatoms. The molecule has 1 atom stereocenters. The van der Waals surface area contributed by atoms with E-state index >= 15 is 0 Å². The molecule has 3 amide bonds. The fourth-order valence-electron chi connectivity index (χ4n) is 5.58. The second kappa shape index (κ2) is 9.77. The Morgan fingerprint density at radius 2 is 1.70 bits per heavy atom. The van der Waals surface area contributed by atoms with Crippen LogP contribution in [-0.4, -0.2) is 34.7 Å². The summed E-state index contributed by atoms with van der Waals surface area (Å²) in [6, 6.07) is 14.8. The number of nitrogens with zero attached hydrogens (tertiary/aromatic N) is 1. The van der Waals surface area contributed by atoms with E-state index in [0.717, 1.165) is 50.5 Å². The monoisotopic (exact) mass is 447 g/mol. The van der Waals surface area contributed by atoms with Crippen molar-refractivity contribution in [2.24, 2.45) is 0 Å². The van der Waals surface area contributed by atoms with Crippen molar-refractivity contribution in [2.75, 3.05) is 17.2 Å². The molecule has 1 fully saturated rings. The summed E-state index contributed by atoms with van der Waals surface area (Å²) in [5.74, 6) is -0.644. The van der Waals surface area contributed by atoms with Crippen molar-refractivity contribution in [3.63, 3.8) is 0 Å². The summed E-state index contributed by atoms with van der Waals surface area (Å²) in [7, 11) is 0. The van der Waals surface area contributed by atoms with Crippen LogP contribution in [0.4, 0.5) is 11.4 Å². The van der Waals surface area contributed by atoms with Crippen LogP contribution in [0.3, 0.4) is 0 Å². The van der Waals surface area contributed by atoms with E-state index in [1.54, 1.807) is 12.1 Å². The molecule has 0 bridgehead atoms. The third-order valence-electron chi connectivity index (χ3n) is 6.99. The third-order valence-corrected chi connectivity index (χ3v) is 6.99. The first-order valence-electron chi connectivity index (χ1n) is 12.1. The van der Waals surface area contributed by atoms with Crippen molar-refractivity contribution >= 4 is 29.1 Å². The number of anilines is 2. The fourth-order valence-corrected chi connectivity index (χ4v) is 5.58. The van der Waals surface area contributed by atoms with Crippen molar-refractivity contribution in [1.29, 1.82) is 0 Å². The van der Waals surface area contributed by atoms with Crippen molar-refractivity contribution in [3.8, 4) is 0 Å². The molecular weight excluding hydrogens is 414 g/mol. The highest BCUT2D eigenvalue weighted by molar-refractivity contribution is 6.05. The molecule has 1 aliphatic carbocycles. The predicted molar refractivity (Wildman–Crippen MR) is 130 cm³/mol. The van der Waals surface area contributed by atoms with Gasteiger partial charge in [-0.3, -0.25) is 14.4 Å². The Bertz CT molecular complexity index is 1040. The Kier molecular flexibility index (Phi) is 6.82. The number of hydrogen-bond acceptors (Lipinski definition) is 3. The second-order valence-corrected chi connectivity index (χ2v) is 9.25. The molecular formula is C27H33N3O3. The van der Waals surface area contributed by atoms with Crippen molar-refractivity contribution in [2.45, 2.75) is 70.3 Å². The molecule has 33 heavy (non-hydrogen) atoms. The third kappa shape index (κ3) is 4.52. The predicted octanol–water partition coefficient (Wildman–Crippen LogP) is 5.33. The molecule has 1 heterocycles. The van der Waals surface area contributed by atoms with Gasteiger partial charge >= 0.3 is 0 Å². The summed E-state index contributed by atoms with van der Waals surface area (Å²) < 4.78 is 0. The largest absolute Gasteiger partial charge is 0.332 e. The molecule has 2 aliphatic rings. The smallest absolute Gasteiger partial charge is 0.254 e. The molecule has 0 radical (unpaired) electrons. The van der Waals surface area contributed by atoms with Crippen LogP contribution >= 0.6 is 0 Å². The van der Waals surface area contributed by atoms with Gasteiger partial charge in [-0.1, -0.05) is 56.9 Å². The lowest BCUT2D eigenvalue weighted by atomic mass is 9.65. The Morgan fingerprint density at radius 1 is 1.00 bits per heavy atom. The Hall–Kier alpha value is -3.15. The Balaban J connectivity index is 1.74. The van der Waals surface area contributed by atoms with Gasteiger partial charge < -0.3 is 15.5 Å². The summed E-state index contributed by atoms with van der Waals surface area (Å²) in [5, 5.41) is 5.86. The summed E-state index contributed by atoms with van der Waals surface area (Å²) in [6.45, 7) is 4.26. The number of fused-ring (bicyclic) bond motifs is 1. The van der Waals surface area contributed by atoms with Crippen LogP contribution in [0, 0.1) is 0 Å². The maximum Gasteiger partial charge on any atom is 0.254 e. The van der Waals surface area contributed by atoms with Gasteiger partial charge in [-0.25, -0.2) is 0 Å². The Morgan fingerprint density at radius 3 is 2.39 bits per heavy atom. The Labute approximate surface area is 195 Å². The maximum atomic E-state index is 13.9. The van der Waals surface area contributed by atoms with Crippen LogP contribution in [-0.2, 0) is 9.59 Å². The van der Waals surface area contributed by atoms with Crippen LogP contribution in [0.15, 0.2) is 48.5 Å². The molecule has 2 aromatic rings. The first-order valence-corrected chi connectivity index (χ1v) is 12.1. The van der Waals surface area contributed by atoms with Gasteiger partial charge in [0.15, 0.2) is 0 Å². The first-order chi connectivity index (χ1) is 16.0. The average molecular weight is 448 g/mol. The zero-order chi connectivity index (χ0) is 23.4. The molecule has 2 N–H and O–H groups in total. The van der Waals surface area contributed by atoms with Gasteiger partial charge in [-0.2, -0.15) is 0 Å². The van der Waals surface area contributed by atoms with E-state index in [0.29, 0.717) is 23.5 Å². The van der Waals surface area contributed by atoms with Crippen molar-refractivity contribution in [3.05, 3.63) is 59.7 Å². The van der Waals surface area contributed by atoms with Crippen molar-refractivity contribution < 1.29 is 14.4 Å². The highest BCUT2D eigenvalue weighted by Gasteiger charge is 2.54. The van der Waals surface area contributed by atoms with Gasteiger partial charge in [-0.05, 0) is 49.1 Å². The zero-order valence-corrected chi connectivity index (χ0v) is 19.5. The highest BCUT2D eigenvalue weighted by Crippen LogP contribution is 2.49. The second-order valence-electron chi connectivity index (χ2n) is 9.25. The number of benzene rings is 2. The van der Waals surface area contributed by atoms with E-state index in [-0.39, 0.29) is 17.7 Å². The fraction of sp³-hybridized carbons (Fsp3) is 0.444. The molecule has 2 aromatic carbocycles. The minimum atomic E-state index is -0.502. The molecule has 1 unspecified atom stereocenters. The minimum absolute atomic E-state index is 0.0534. The SMILES string of the molecule is CCCCN1C(=O)c2ccccc2C(C(=O)Nc2cccc(NC(C)=O)c2)C12CCCCC2. The number of unbranched alkanes of at least 4 members (excludes halogenated alkanes) is 1. The lowest BCUT2D eigenvalue weighted by molar-refractivity contribution is -0.122. The summed E-state index contributed by atoms with van der Waals surface area (Å²) in [4.78, 5) is 41.0. The lowest BCUT2D eigenvalue weighted by Crippen LogP contribution is -2.62. The van der Waals surface area contributed by atoms with Crippen LogP contribution in [0.1, 0.15) is 80.6 Å². The number of nitrogens with one attached hydrogen (secondary N) is 2. The van der Waals surface area contributed by atoms with Crippen LogP contribution in [0.25, 0.3) is 0 Å². The summed E-state index contributed by atoms with van der Waals surface area (Å²) in [5.41, 5.74) is 2.23. The topological polar surface area (TPSA) is 78.5 Å². The normalized spacial score (nSPS) is 19.2. The van der Waals surface area contributed by atoms with E-state index < -0.39 is 11.5 Å². The maximum absolute atomic E-state index is 13.9. The molecule has 1 spiro atoms. The lowest BCUT2D eigenvalue weighted by Gasteiger charge is -2.53. The van der Waals surface area contributed by atoms with E-state index in [4.69, 9.17) is 0 Å². The molecule has 174 valence electrons. The first kappa shape index (κ1) is 23.0. The number of carbonyl (C=O) groups excluding carboxylic acids is 3. The number of rotatable bonds is 6. The minimum Gasteiger partial charge on any atom is -0.332 e. The quantitative estimate of drug-likeness (QED) is 0.629. The van der Waals surface area contributed by atoms with Gasteiger partial charge in [0.25, 0.3) is 5.91 Å². The summed E-state index contributed by atoms with van der Waals surface area (Å²) >= 11 is 0. The van der Waals surface area contributed by atoms with Gasteiger partial charge in [0.05, 0.1) is 11.5 Å². The number of hydrogen-bond donors (Lipinski definition) is 2. The molecule has 0 aromatic heterocycles. The van der Waals surface area contributed by atoms with E-state index in [1.807, 2.05) is 41.3 Å². The van der Waals surface area contributed by atoms with E-state index in [2.05, 4.69) is 17.6 Å². The molecule has 1 aliphatic heterocycles. The van der Waals surface area contributed by atoms with Gasteiger partial charge in [0, 0.05) is 30.4 Å². The number of amides is 3.